The smallest absolute Gasteiger partial charge is 0.230 e. The average Bonchev–Trinajstić information content (AvgIpc) is 3.61. The SMILES string of the molecule is O=C(CSc1ccc(N2CCCC(C(=O)NC3CC3)C2)nn1)NCc1ccccc1Cl. The lowest BCUT2D eigenvalue weighted by molar-refractivity contribution is -0.125. The van der Waals surface area contributed by atoms with E-state index in [1.165, 1.54) is 11.8 Å². The van der Waals surface area contributed by atoms with Gasteiger partial charge in [0, 0.05) is 30.7 Å². The molecule has 2 fully saturated rings. The van der Waals surface area contributed by atoms with E-state index in [2.05, 4.69) is 25.7 Å². The van der Waals surface area contributed by atoms with Crippen molar-refractivity contribution < 1.29 is 9.59 Å². The van der Waals surface area contributed by atoms with E-state index in [0.29, 0.717) is 29.2 Å². The molecule has 1 aliphatic heterocycles. The van der Waals surface area contributed by atoms with Gasteiger partial charge < -0.3 is 15.5 Å². The predicted octanol–water partition coefficient (Wildman–Crippen LogP) is 3.03. The minimum absolute atomic E-state index is 0.00650. The molecule has 0 spiro atoms. The van der Waals surface area contributed by atoms with Crippen molar-refractivity contribution in [2.45, 2.75) is 43.3 Å². The number of amides is 2. The summed E-state index contributed by atoms with van der Waals surface area (Å²) in [5, 5.41) is 15.9. The molecular weight excluding hydrogens is 434 g/mol. The van der Waals surface area contributed by atoms with Crippen molar-refractivity contribution in [2.24, 2.45) is 5.92 Å². The van der Waals surface area contributed by atoms with Crippen LogP contribution in [0.1, 0.15) is 31.2 Å². The molecular formula is C22H26ClN5O2S. The Morgan fingerprint density at radius 2 is 1.97 bits per heavy atom. The molecule has 2 amide bonds. The second-order valence-electron chi connectivity index (χ2n) is 7.95. The van der Waals surface area contributed by atoms with Gasteiger partial charge in [-0.25, -0.2) is 0 Å². The molecule has 1 saturated carbocycles. The predicted molar refractivity (Wildman–Crippen MR) is 122 cm³/mol. The molecule has 1 saturated heterocycles. The largest absolute Gasteiger partial charge is 0.354 e. The van der Waals surface area contributed by atoms with Crippen molar-refractivity contribution in [1.82, 2.24) is 20.8 Å². The Bertz CT molecular complexity index is 922. The molecule has 1 aliphatic carbocycles. The van der Waals surface area contributed by atoms with Gasteiger partial charge in [-0.05, 0) is 49.4 Å². The number of carbonyl (C=O) groups excluding carboxylic acids is 2. The van der Waals surface area contributed by atoms with E-state index in [4.69, 9.17) is 11.6 Å². The second kappa shape index (κ2) is 10.3. The highest BCUT2D eigenvalue weighted by molar-refractivity contribution is 7.99. The van der Waals surface area contributed by atoms with Crippen molar-refractivity contribution >= 4 is 41.0 Å². The summed E-state index contributed by atoms with van der Waals surface area (Å²) in [5.41, 5.74) is 0.886. The van der Waals surface area contributed by atoms with Crippen LogP contribution in [-0.2, 0) is 16.1 Å². The van der Waals surface area contributed by atoms with Crippen molar-refractivity contribution in [3.05, 3.63) is 47.0 Å². The van der Waals surface area contributed by atoms with E-state index in [1.807, 2.05) is 30.3 Å². The fourth-order valence-corrected chi connectivity index (χ4v) is 4.38. The molecule has 7 nitrogen and oxygen atoms in total. The first-order valence-electron chi connectivity index (χ1n) is 10.6. The van der Waals surface area contributed by atoms with Gasteiger partial charge >= 0.3 is 0 Å². The number of anilines is 1. The number of hydrogen-bond acceptors (Lipinski definition) is 6. The Kier molecular flexibility index (Phi) is 7.29. The molecule has 2 heterocycles. The van der Waals surface area contributed by atoms with Crippen LogP contribution < -0.4 is 15.5 Å². The monoisotopic (exact) mass is 459 g/mol. The molecule has 0 radical (unpaired) electrons. The van der Waals surface area contributed by atoms with E-state index in [9.17, 15) is 9.59 Å². The van der Waals surface area contributed by atoms with Crippen molar-refractivity contribution in [2.75, 3.05) is 23.7 Å². The van der Waals surface area contributed by atoms with Crippen LogP contribution in [0.3, 0.4) is 0 Å². The van der Waals surface area contributed by atoms with Crippen LogP contribution in [0.15, 0.2) is 41.4 Å². The summed E-state index contributed by atoms with van der Waals surface area (Å²) in [5.74, 6) is 1.11. The lowest BCUT2D eigenvalue weighted by Gasteiger charge is -2.32. The molecule has 2 N–H and O–H groups in total. The third-order valence-corrected chi connectivity index (χ3v) is 6.74. The van der Waals surface area contributed by atoms with Crippen LogP contribution in [0.5, 0.6) is 0 Å². The maximum absolute atomic E-state index is 12.4. The molecule has 4 rings (SSSR count). The fourth-order valence-electron chi connectivity index (χ4n) is 3.53. The zero-order valence-corrected chi connectivity index (χ0v) is 18.8. The van der Waals surface area contributed by atoms with Gasteiger partial charge in [0.25, 0.3) is 0 Å². The van der Waals surface area contributed by atoms with Crippen LogP contribution in [-0.4, -0.2) is 46.9 Å². The number of hydrogen-bond donors (Lipinski definition) is 2. The quantitative estimate of drug-likeness (QED) is 0.590. The molecule has 2 aliphatic rings. The zero-order chi connectivity index (χ0) is 21.6. The van der Waals surface area contributed by atoms with E-state index < -0.39 is 0 Å². The van der Waals surface area contributed by atoms with E-state index in [-0.39, 0.29) is 23.5 Å². The Morgan fingerprint density at radius 3 is 2.71 bits per heavy atom. The van der Waals surface area contributed by atoms with Gasteiger partial charge in [0.2, 0.25) is 11.8 Å². The van der Waals surface area contributed by atoms with Gasteiger partial charge in [0.1, 0.15) is 5.03 Å². The molecule has 2 aromatic rings. The van der Waals surface area contributed by atoms with Gasteiger partial charge in [-0.2, -0.15) is 0 Å². The standard InChI is InChI=1S/C22H26ClN5O2S/c23-18-6-2-1-4-15(18)12-24-20(29)14-31-21-10-9-19(26-27-21)28-11-3-5-16(13-28)22(30)25-17-7-8-17/h1-2,4,6,9-10,16-17H,3,5,7-8,11-14H2,(H,24,29)(H,25,30). The molecule has 1 aromatic carbocycles. The maximum atomic E-state index is 12.4. The third-order valence-electron chi connectivity index (χ3n) is 5.45. The Balaban J connectivity index is 1.23. The number of carbonyl (C=O) groups is 2. The van der Waals surface area contributed by atoms with Crippen LogP contribution in [0.25, 0.3) is 0 Å². The number of aromatic nitrogens is 2. The molecule has 164 valence electrons. The van der Waals surface area contributed by atoms with Gasteiger partial charge in [0.15, 0.2) is 5.82 Å². The molecule has 1 atom stereocenters. The number of benzene rings is 1. The Hall–Kier alpha value is -2.32. The Morgan fingerprint density at radius 1 is 1.13 bits per heavy atom. The molecule has 0 bridgehead atoms. The molecule has 9 heteroatoms. The maximum Gasteiger partial charge on any atom is 0.230 e. The summed E-state index contributed by atoms with van der Waals surface area (Å²) in [4.78, 5) is 26.6. The average molecular weight is 460 g/mol. The number of halogens is 1. The number of nitrogens with zero attached hydrogens (tertiary/aromatic N) is 3. The summed E-state index contributed by atoms with van der Waals surface area (Å²) in [6.07, 6.45) is 4.09. The number of piperidine rings is 1. The summed E-state index contributed by atoms with van der Waals surface area (Å²) in [6, 6.07) is 11.6. The highest BCUT2D eigenvalue weighted by atomic mass is 35.5. The van der Waals surface area contributed by atoms with E-state index >= 15 is 0 Å². The zero-order valence-electron chi connectivity index (χ0n) is 17.2. The second-order valence-corrected chi connectivity index (χ2v) is 9.36. The first-order valence-corrected chi connectivity index (χ1v) is 12.0. The normalized spacial score (nSPS) is 18.5. The number of nitrogens with one attached hydrogen (secondary N) is 2. The van der Waals surface area contributed by atoms with Crippen LogP contribution in [0.4, 0.5) is 5.82 Å². The molecule has 1 unspecified atom stereocenters. The number of rotatable bonds is 8. The summed E-state index contributed by atoms with van der Waals surface area (Å²) >= 11 is 7.45. The topological polar surface area (TPSA) is 87.2 Å². The summed E-state index contributed by atoms with van der Waals surface area (Å²) in [7, 11) is 0. The van der Waals surface area contributed by atoms with Gasteiger partial charge in [0.05, 0.1) is 11.7 Å². The van der Waals surface area contributed by atoms with Crippen LogP contribution >= 0.6 is 23.4 Å². The molecule has 1 aromatic heterocycles. The lowest BCUT2D eigenvalue weighted by Crippen LogP contribution is -2.44. The van der Waals surface area contributed by atoms with Gasteiger partial charge in [-0.3, -0.25) is 9.59 Å². The summed E-state index contributed by atoms with van der Waals surface area (Å²) in [6.45, 7) is 1.94. The third kappa shape index (κ3) is 6.33. The summed E-state index contributed by atoms with van der Waals surface area (Å²) < 4.78 is 0. The highest BCUT2D eigenvalue weighted by Crippen LogP contribution is 2.25. The first-order chi connectivity index (χ1) is 15.1. The highest BCUT2D eigenvalue weighted by Gasteiger charge is 2.30. The molecule has 31 heavy (non-hydrogen) atoms. The van der Waals surface area contributed by atoms with Gasteiger partial charge in [-0.1, -0.05) is 41.6 Å². The minimum Gasteiger partial charge on any atom is -0.354 e. The van der Waals surface area contributed by atoms with Crippen LogP contribution in [0, 0.1) is 5.92 Å². The van der Waals surface area contributed by atoms with Crippen molar-refractivity contribution in [3.63, 3.8) is 0 Å². The minimum atomic E-state index is -0.0867. The van der Waals surface area contributed by atoms with Gasteiger partial charge in [-0.15, -0.1) is 10.2 Å². The van der Waals surface area contributed by atoms with Crippen molar-refractivity contribution in [1.29, 1.82) is 0 Å². The Labute approximate surface area is 191 Å². The number of thioether (sulfide) groups is 1. The van der Waals surface area contributed by atoms with E-state index in [0.717, 1.165) is 43.6 Å². The van der Waals surface area contributed by atoms with E-state index in [1.54, 1.807) is 6.07 Å². The van der Waals surface area contributed by atoms with Crippen molar-refractivity contribution in [3.8, 4) is 0 Å². The lowest BCUT2D eigenvalue weighted by atomic mass is 9.97. The fraction of sp³-hybridized carbons (Fsp3) is 0.455. The van der Waals surface area contributed by atoms with Crippen LogP contribution in [0.2, 0.25) is 5.02 Å². The first kappa shape index (κ1) is 21.9.